The van der Waals surface area contributed by atoms with Crippen molar-refractivity contribution in [3.8, 4) is 0 Å². The van der Waals surface area contributed by atoms with Crippen LogP contribution in [0.1, 0.15) is 63.7 Å². The summed E-state index contributed by atoms with van der Waals surface area (Å²) in [5.74, 6) is -10.8. The standard InChI is InChI=1S/C36H30O10/c1-21-13-5-9-17-25(21)29(37)35(33(41)42,45-31(39)27-19-11-7-15-23(27)3)36(34(43)44,30(38)26-18-10-6-14-22(26)2)46-32(40)28-20-12-8-16-24(28)4/h5-20H,1-4H3,(H,41,42)(H,43,44). The van der Waals surface area contributed by atoms with E-state index in [0.717, 1.165) is 0 Å². The van der Waals surface area contributed by atoms with Crippen molar-refractivity contribution in [1.29, 1.82) is 0 Å². The SMILES string of the molecule is Cc1ccccc1C(=O)OC(C(=O)O)(C(=O)c1ccccc1C)C(OC(=O)c1ccccc1C)(C(=O)O)C(=O)c1ccccc1C. The van der Waals surface area contributed by atoms with Gasteiger partial charge in [0.1, 0.15) is 0 Å². The fourth-order valence-electron chi connectivity index (χ4n) is 5.17. The molecule has 4 aromatic carbocycles. The minimum absolute atomic E-state index is 0.165. The van der Waals surface area contributed by atoms with Crippen LogP contribution in [0.25, 0.3) is 0 Å². The number of carboxylic acid groups (broad SMARTS) is 2. The molecule has 0 saturated heterocycles. The van der Waals surface area contributed by atoms with E-state index >= 15 is 0 Å². The number of aryl methyl sites for hydroxylation is 4. The molecule has 0 heterocycles. The second kappa shape index (κ2) is 13.0. The Hall–Kier alpha value is -5.90. The summed E-state index contributed by atoms with van der Waals surface area (Å²) in [6.07, 6.45) is 0. The van der Waals surface area contributed by atoms with Gasteiger partial charge in [-0.15, -0.1) is 0 Å². The third kappa shape index (κ3) is 5.56. The van der Waals surface area contributed by atoms with Crippen LogP contribution in [0.4, 0.5) is 0 Å². The summed E-state index contributed by atoms with van der Waals surface area (Å²) >= 11 is 0. The highest BCUT2D eigenvalue weighted by molar-refractivity contribution is 6.30. The van der Waals surface area contributed by atoms with E-state index < -0.39 is 57.8 Å². The monoisotopic (exact) mass is 622 g/mol. The van der Waals surface area contributed by atoms with Crippen LogP contribution in [-0.2, 0) is 19.1 Å². The van der Waals surface area contributed by atoms with E-state index in [-0.39, 0.29) is 33.4 Å². The molecule has 0 fully saturated rings. The van der Waals surface area contributed by atoms with Crippen LogP contribution in [0.5, 0.6) is 0 Å². The lowest BCUT2D eigenvalue weighted by Crippen LogP contribution is -2.74. The van der Waals surface area contributed by atoms with Crippen molar-refractivity contribution in [2.75, 3.05) is 0 Å². The van der Waals surface area contributed by atoms with Gasteiger partial charge in [0.05, 0.1) is 11.1 Å². The topological polar surface area (TPSA) is 161 Å². The van der Waals surface area contributed by atoms with Crippen LogP contribution < -0.4 is 0 Å². The number of carboxylic acids is 2. The molecular weight excluding hydrogens is 592 g/mol. The molecular formula is C36H30O10. The summed E-state index contributed by atoms with van der Waals surface area (Å²) in [5, 5.41) is 22.0. The minimum atomic E-state index is -3.98. The van der Waals surface area contributed by atoms with Crippen molar-refractivity contribution < 1.29 is 48.5 Å². The number of esters is 2. The number of hydrogen-bond donors (Lipinski definition) is 2. The number of aliphatic carboxylic acids is 2. The molecule has 0 spiro atoms. The Morgan fingerprint density at radius 3 is 0.913 bits per heavy atom. The van der Waals surface area contributed by atoms with Crippen LogP contribution >= 0.6 is 0 Å². The predicted molar refractivity (Wildman–Crippen MR) is 165 cm³/mol. The summed E-state index contributed by atoms with van der Waals surface area (Å²) in [4.78, 5) is 84.3. The fraction of sp³-hybridized carbons (Fsp3) is 0.167. The first-order valence-electron chi connectivity index (χ1n) is 14.0. The predicted octanol–water partition coefficient (Wildman–Crippen LogP) is 5.35. The summed E-state index contributed by atoms with van der Waals surface area (Å²) in [7, 11) is 0. The Balaban J connectivity index is 2.17. The van der Waals surface area contributed by atoms with Gasteiger partial charge in [-0.3, -0.25) is 9.59 Å². The molecule has 2 N–H and O–H groups in total. The molecule has 4 rings (SSSR count). The minimum Gasteiger partial charge on any atom is -0.478 e. The summed E-state index contributed by atoms with van der Waals surface area (Å²) in [5.41, 5.74) is -8.29. The third-order valence-electron chi connectivity index (χ3n) is 7.74. The lowest BCUT2D eigenvalue weighted by Gasteiger charge is -2.41. The van der Waals surface area contributed by atoms with Gasteiger partial charge < -0.3 is 19.7 Å². The van der Waals surface area contributed by atoms with Gasteiger partial charge in [0.2, 0.25) is 11.6 Å². The normalized spacial score (nSPS) is 13.4. The number of rotatable bonds is 11. The zero-order valence-electron chi connectivity index (χ0n) is 25.4. The van der Waals surface area contributed by atoms with Crippen molar-refractivity contribution in [2.45, 2.75) is 38.9 Å². The highest BCUT2D eigenvalue weighted by Gasteiger charge is 2.77. The van der Waals surface area contributed by atoms with Crippen molar-refractivity contribution >= 4 is 35.4 Å². The Morgan fingerprint density at radius 2 is 0.674 bits per heavy atom. The summed E-state index contributed by atoms with van der Waals surface area (Å²) in [6.45, 7) is 5.88. The molecule has 0 saturated carbocycles. The van der Waals surface area contributed by atoms with Crippen molar-refractivity contribution in [3.63, 3.8) is 0 Å². The zero-order valence-corrected chi connectivity index (χ0v) is 25.4. The van der Waals surface area contributed by atoms with Gasteiger partial charge in [0, 0.05) is 11.1 Å². The zero-order chi connectivity index (χ0) is 33.8. The van der Waals surface area contributed by atoms with Gasteiger partial charge in [0.25, 0.3) is 0 Å². The maximum atomic E-state index is 14.7. The van der Waals surface area contributed by atoms with E-state index in [1.807, 2.05) is 0 Å². The quantitative estimate of drug-likeness (QED) is 0.127. The van der Waals surface area contributed by atoms with E-state index in [1.165, 1.54) is 113 Å². The lowest BCUT2D eigenvalue weighted by molar-refractivity contribution is -0.188. The van der Waals surface area contributed by atoms with E-state index in [4.69, 9.17) is 9.47 Å². The van der Waals surface area contributed by atoms with Crippen molar-refractivity contribution in [2.24, 2.45) is 0 Å². The molecule has 234 valence electrons. The largest absolute Gasteiger partial charge is 0.478 e. The van der Waals surface area contributed by atoms with Crippen LogP contribution in [0.15, 0.2) is 97.1 Å². The first kappa shape index (κ1) is 33.0. The number of carbonyl (C=O) groups excluding carboxylic acids is 4. The molecule has 2 unspecified atom stereocenters. The Kier molecular flexibility index (Phi) is 9.32. The first-order chi connectivity index (χ1) is 21.8. The molecule has 0 aromatic heterocycles. The van der Waals surface area contributed by atoms with Gasteiger partial charge in [-0.25, -0.2) is 19.2 Å². The van der Waals surface area contributed by atoms with Gasteiger partial charge in [-0.05, 0) is 62.1 Å². The molecule has 4 aromatic rings. The molecule has 0 bridgehead atoms. The lowest BCUT2D eigenvalue weighted by atomic mass is 9.71. The molecule has 0 amide bonds. The van der Waals surface area contributed by atoms with Crippen LogP contribution in [0.3, 0.4) is 0 Å². The highest BCUT2D eigenvalue weighted by Crippen LogP contribution is 2.41. The maximum absolute atomic E-state index is 14.7. The smallest absolute Gasteiger partial charge is 0.362 e. The Labute approximate surface area is 264 Å². The number of carbonyl (C=O) groups is 6. The molecule has 0 aliphatic rings. The maximum Gasteiger partial charge on any atom is 0.362 e. The molecule has 10 nitrogen and oxygen atoms in total. The van der Waals surface area contributed by atoms with Crippen LogP contribution in [0.2, 0.25) is 0 Å². The number of benzene rings is 4. The number of hydrogen-bond acceptors (Lipinski definition) is 8. The van der Waals surface area contributed by atoms with Crippen LogP contribution in [0, 0.1) is 27.7 Å². The molecule has 46 heavy (non-hydrogen) atoms. The van der Waals surface area contributed by atoms with Gasteiger partial charge in [-0.1, -0.05) is 84.9 Å². The molecule has 0 aliphatic heterocycles. The summed E-state index contributed by atoms with van der Waals surface area (Å²) in [6, 6.07) is 22.7. The van der Waals surface area contributed by atoms with Crippen LogP contribution in [-0.4, -0.2) is 56.9 Å². The van der Waals surface area contributed by atoms with E-state index in [9.17, 15) is 39.0 Å². The second-order valence-electron chi connectivity index (χ2n) is 10.7. The Bertz CT molecular complexity index is 1750. The number of ether oxygens (including phenoxy) is 2. The fourth-order valence-corrected chi connectivity index (χ4v) is 5.17. The first-order valence-corrected chi connectivity index (χ1v) is 14.0. The third-order valence-corrected chi connectivity index (χ3v) is 7.74. The molecule has 10 heteroatoms. The van der Waals surface area contributed by atoms with Gasteiger partial charge in [-0.2, -0.15) is 0 Å². The molecule has 2 atom stereocenters. The second-order valence-corrected chi connectivity index (χ2v) is 10.7. The van der Waals surface area contributed by atoms with E-state index in [1.54, 1.807) is 12.1 Å². The van der Waals surface area contributed by atoms with Gasteiger partial charge in [0.15, 0.2) is 0 Å². The highest BCUT2D eigenvalue weighted by atomic mass is 16.6. The average molecular weight is 623 g/mol. The Morgan fingerprint density at radius 1 is 0.435 bits per heavy atom. The van der Waals surface area contributed by atoms with E-state index in [2.05, 4.69) is 0 Å². The number of ketones is 2. The average Bonchev–Trinajstić information content (AvgIpc) is 3.02. The van der Waals surface area contributed by atoms with Gasteiger partial charge >= 0.3 is 35.1 Å². The van der Waals surface area contributed by atoms with E-state index in [0.29, 0.717) is 0 Å². The summed E-state index contributed by atoms with van der Waals surface area (Å²) < 4.78 is 11.1. The number of Topliss-reactive ketones (excluding diaryl/α,β-unsaturated/α-hetero) is 2. The molecule has 0 radical (unpaired) electrons. The molecule has 0 aliphatic carbocycles. The van der Waals surface area contributed by atoms with Crippen molar-refractivity contribution in [1.82, 2.24) is 0 Å². The van der Waals surface area contributed by atoms with Crippen molar-refractivity contribution in [3.05, 3.63) is 142 Å².